The fourth-order valence-electron chi connectivity index (χ4n) is 4.83. The summed E-state index contributed by atoms with van der Waals surface area (Å²) < 4.78 is 0. The van der Waals surface area contributed by atoms with Crippen LogP contribution in [0.3, 0.4) is 0 Å². The Hall–Kier alpha value is -0.420. The monoisotopic (exact) mass is 562 g/mol. The molecule has 2 saturated heterocycles. The van der Waals surface area contributed by atoms with Crippen molar-refractivity contribution in [1.82, 2.24) is 25.3 Å². The zero-order valence-electron chi connectivity index (χ0n) is 19.7. The number of hydrogen-bond acceptors (Lipinski definition) is 5. The highest BCUT2D eigenvalue weighted by Crippen LogP contribution is 2.36. The Morgan fingerprint density at radius 1 is 1.13 bits per heavy atom. The first-order valence-corrected chi connectivity index (χ1v) is 12.7. The quantitative estimate of drug-likeness (QED) is 0.209. The fourth-order valence-corrected chi connectivity index (χ4v) is 5.81. The molecule has 0 radical (unpaired) electrons. The maximum atomic E-state index is 4.45. The van der Waals surface area contributed by atoms with Gasteiger partial charge in [-0.15, -0.1) is 35.3 Å². The van der Waals surface area contributed by atoms with Crippen molar-refractivity contribution in [2.45, 2.75) is 38.6 Å². The molecule has 2 aliphatic rings. The van der Waals surface area contributed by atoms with Gasteiger partial charge in [-0.25, -0.2) is 0 Å². The van der Waals surface area contributed by atoms with E-state index in [9.17, 15) is 0 Å². The van der Waals surface area contributed by atoms with E-state index < -0.39 is 0 Å². The van der Waals surface area contributed by atoms with Crippen LogP contribution in [-0.2, 0) is 0 Å². The van der Waals surface area contributed by atoms with E-state index in [-0.39, 0.29) is 24.0 Å². The zero-order chi connectivity index (χ0) is 21.2. The molecular weight excluding hydrogens is 519 g/mol. The molecular formula is C23H43IN6S. The molecule has 31 heavy (non-hydrogen) atoms. The van der Waals surface area contributed by atoms with Crippen LogP contribution in [0.25, 0.3) is 0 Å². The first kappa shape index (κ1) is 26.8. The van der Waals surface area contributed by atoms with E-state index in [1.165, 1.54) is 76.4 Å². The largest absolute Gasteiger partial charge is 0.356 e. The van der Waals surface area contributed by atoms with E-state index in [0.717, 1.165) is 19.0 Å². The summed E-state index contributed by atoms with van der Waals surface area (Å²) in [6, 6.07) is 4.99. The second-order valence-electron chi connectivity index (χ2n) is 8.71. The molecule has 178 valence electrons. The number of halogens is 1. The molecule has 1 aromatic heterocycles. The van der Waals surface area contributed by atoms with Crippen molar-refractivity contribution in [2.24, 2.45) is 10.9 Å². The number of nitrogens with one attached hydrogen (secondary N) is 2. The highest BCUT2D eigenvalue weighted by molar-refractivity contribution is 14.0. The van der Waals surface area contributed by atoms with Crippen LogP contribution < -0.4 is 10.6 Å². The van der Waals surface area contributed by atoms with Gasteiger partial charge in [-0.2, -0.15) is 0 Å². The minimum absolute atomic E-state index is 0. The second kappa shape index (κ2) is 14.7. The van der Waals surface area contributed by atoms with Gasteiger partial charge in [-0.3, -0.25) is 9.89 Å². The normalized spacial score (nSPS) is 24.0. The maximum Gasteiger partial charge on any atom is 0.190 e. The Labute approximate surface area is 210 Å². The van der Waals surface area contributed by atoms with E-state index in [1.54, 1.807) is 0 Å². The summed E-state index contributed by atoms with van der Waals surface area (Å²) in [5.74, 6) is 1.58. The van der Waals surface area contributed by atoms with Crippen LogP contribution >= 0.6 is 35.3 Å². The van der Waals surface area contributed by atoms with Crippen LogP contribution in [0.5, 0.6) is 0 Å². The number of thiophene rings is 1. The summed E-state index contributed by atoms with van der Waals surface area (Å²) in [4.78, 5) is 13.6. The molecule has 0 aromatic carbocycles. The van der Waals surface area contributed by atoms with Crippen molar-refractivity contribution in [3.8, 4) is 0 Å². The second-order valence-corrected chi connectivity index (χ2v) is 9.69. The summed E-state index contributed by atoms with van der Waals surface area (Å²) in [6.45, 7) is 12.8. The molecule has 1 aromatic rings. The Bertz CT molecular complexity index is 618. The molecule has 3 rings (SSSR count). The van der Waals surface area contributed by atoms with E-state index >= 15 is 0 Å². The maximum absolute atomic E-state index is 4.45. The third-order valence-corrected chi connectivity index (χ3v) is 7.65. The van der Waals surface area contributed by atoms with Gasteiger partial charge in [0.15, 0.2) is 5.96 Å². The number of rotatable bonds is 9. The van der Waals surface area contributed by atoms with Crippen molar-refractivity contribution in [3.05, 3.63) is 22.4 Å². The van der Waals surface area contributed by atoms with Gasteiger partial charge in [0.2, 0.25) is 0 Å². The number of likely N-dealkylation sites (tertiary alicyclic amines) is 1. The average molecular weight is 563 g/mol. The standard InChI is InChI=1S/C23H42N6S.HI/c1-4-28-14-16-29(17-15-28)13-6-5-11-25-23(24-2)26-19-20-9-7-12-27(3)22(20)21-10-8-18-30-21;/h8,10,18,20,22H,4-7,9,11-17,19H2,1-3H3,(H2,24,25,26);1H. The summed E-state index contributed by atoms with van der Waals surface area (Å²) >= 11 is 1.89. The fraction of sp³-hybridized carbons (Fsp3) is 0.783. The highest BCUT2D eigenvalue weighted by Gasteiger charge is 2.31. The van der Waals surface area contributed by atoms with E-state index in [4.69, 9.17) is 0 Å². The number of hydrogen-bond donors (Lipinski definition) is 2. The van der Waals surface area contributed by atoms with Gasteiger partial charge in [0.25, 0.3) is 0 Å². The molecule has 3 heterocycles. The molecule has 8 heteroatoms. The van der Waals surface area contributed by atoms with Gasteiger partial charge >= 0.3 is 0 Å². The van der Waals surface area contributed by atoms with Crippen LogP contribution in [0.2, 0.25) is 0 Å². The molecule has 0 bridgehead atoms. The van der Waals surface area contributed by atoms with Crippen molar-refractivity contribution in [3.63, 3.8) is 0 Å². The summed E-state index contributed by atoms with van der Waals surface area (Å²) in [5.41, 5.74) is 0. The van der Waals surface area contributed by atoms with Gasteiger partial charge in [0.05, 0.1) is 0 Å². The van der Waals surface area contributed by atoms with Crippen molar-refractivity contribution in [1.29, 1.82) is 0 Å². The predicted octanol–water partition coefficient (Wildman–Crippen LogP) is 3.33. The van der Waals surface area contributed by atoms with Crippen LogP contribution in [0.4, 0.5) is 0 Å². The molecule has 0 amide bonds. The van der Waals surface area contributed by atoms with Crippen molar-refractivity contribution >= 4 is 41.3 Å². The van der Waals surface area contributed by atoms with Gasteiger partial charge < -0.3 is 20.4 Å². The molecule has 2 aliphatic heterocycles. The van der Waals surface area contributed by atoms with Gasteiger partial charge in [-0.1, -0.05) is 13.0 Å². The third-order valence-electron chi connectivity index (χ3n) is 6.70. The van der Waals surface area contributed by atoms with Crippen molar-refractivity contribution in [2.75, 3.05) is 73.0 Å². The zero-order valence-corrected chi connectivity index (χ0v) is 22.8. The van der Waals surface area contributed by atoms with E-state index in [0.29, 0.717) is 12.0 Å². The number of piperidine rings is 1. The average Bonchev–Trinajstić information content (AvgIpc) is 3.30. The number of aliphatic imine (C=N–C) groups is 1. The number of nitrogens with zero attached hydrogens (tertiary/aromatic N) is 4. The molecule has 0 spiro atoms. The minimum atomic E-state index is 0. The topological polar surface area (TPSA) is 46.1 Å². The molecule has 2 fully saturated rings. The van der Waals surface area contributed by atoms with Gasteiger partial charge in [0, 0.05) is 57.2 Å². The van der Waals surface area contributed by atoms with Crippen molar-refractivity contribution < 1.29 is 0 Å². The summed E-state index contributed by atoms with van der Waals surface area (Å²) in [6.07, 6.45) is 5.01. The Morgan fingerprint density at radius 2 is 1.90 bits per heavy atom. The van der Waals surface area contributed by atoms with Crippen LogP contribution in [-0.4, -0.2) is 93.7 Å². The number of likely N-dealkylation sites (N-methyl/N-ethyl adjacent to an activating group) is 1. The predicted molar refractivity (Wildman–Crippen MR) is 145 cm³/mol. The number of unbranched alkanes of at least 4 members (excludes halogenated alkanes) is 1. The first-order chi connectivity index (χ1) is 14.7. The van der Waals surface area contributed by atoms with Crippen LogP contribution in [0, 0.1) is 5.92 Å². The van der Waals surface area contributed by atoms with E-state index in [1.807, 2.05) is 18.4 Å². The minimum Gasteiger partial charge on any atom is -0.356 e. The Kier molecular flexibility index (Phi) is 12.7. The number of piperazine rings is 1. The van der Waals surface area contributed by atoms with Crippen LogP contribution in [0.15, 0.2) is 22.5 Å². The lowest BCUT2D eigenvalue weighted by Crippen LogP contribution is -2.46. The smallest absolute Gasteiger partial charge is 0.190 e. The Balaban J connectivity index is 0.00000341. The van der Waals surface area contributed by atoms with Gasteiger partial charge in [-0.05, 0) is 69.7 Å². The van der Waals surface area contributed by atoms with E-state index in [2.05, 4.69) is 61.8 Å². The highest BCUT2D eigenvalue weighted by atomic mass is 127. The van der Waals surface area contributed by atoms with Crippen LogP contribution in [0.1, 0.15) is 43.5 Å². The lowest BCUT2D eigenvalue weighted by Gasteiger charge is -2.39. The number of guanidine groups is 1. The molecule has 2 unspecified atom stereocenters. The molecule has 2 atom stereocenters. The van der Waals surface area contributed by atoms with Gasteiger partial charge in [0.1, 0.15) is 0 Å². The molecule has 0 aliphatic carbocycles. The lowest BCUT2D eigenvalue weighted by atomic mass is 9.88. The summed E-state index contributed by atoms with van der Waals surface area (Å²) in [7, 11) is 4.15. The molecule has 2 N–H and O–H groups in total. The third kappa shape index (κ3) is 8.46. The molecule has 6 nitrogen and oxygen atoms in total. The SMILES string of the molecule is CCN1CCN(CCCCNC(=NC)NCC2CCCN(C)C2c2cccs2)CC1.I. The first-order valence-electron chi connectivity index (χ1n) is 11.8. The molecule has 0 saturated carbocycles. The Morgan fingerprint density at radius 3 is 2.58 bits per heavy atom. The lowest BCUT2D eigenvalue weighted by molar-refractivity contribution is 0.125. The summed E-state index contributed by atoms with van der Waals surface area (Å²) in [5, 5.41) is 9.33.